The number of rotatable bonds is 6. The fourth-order valence-electron chi connectivity index (χ4n) is 4.72. The average molecular weight is 487 g/mol. The van der Waals surface area contributed by atoms with Crippen LogP contribution in [-0.4, -0.2) is 60.4 Å². The summed E-state index contributed by atoms with van der Waals surface area (Å²) in [5.74, 6) is 1.91. The Morgan fingerprint density at radius 3 is 2.64 bits per heavy atom. The summed E-state index contributed by atoms with van der Waals surface area (Å²) in [7, 11) is 3.38. The van der Waals surface area contributed by atoms with Gasteiger partial charge in [0.1, 0.15) is 11.3 Å². The SMILES string of the molecule is COc1ccc(C2=CCN(CCn3c(=O)n(C)c4c3nc(N)n3nc(-c5ccco5)nc43)CC2)cc1. The maximum atomic E-state index is 13.2. The third kappa shape index (κ3) is 3.64. The second-order valence-electron chi connectivity index (χ2n) is 8.79. The Balaban J connectivity index is 1.26. The molecule has 6 rings (SSSR count). The molecule has 184 valence electrons. The molecule has 0 radical (unpaired) electrons. The molecule has 1 aromatic carbocycles. The van der Waals surface area contributed by atoms with Gasteiger partial charge in [-0.25, -0.2) is 9.78 Å². The van der Waals surface area contributed by atoms with Gasteiger partial charge in [0.2, 0.25) is 11.8 Å². The molecule has 0 aliphatic carbocycles. The molecular formula is C25H26N8O3. The molecule has 0 bridgehead atoms. The number of benzene rings is 1. The number of nitrogen functional groups attached to an aromatic ring is 1. The van der Waals surface area contributed by atoms with Crippen molar-refractivity contribution in [2.24, 2.45) is 7.05 Å². The van der Waals surface area contributed by atoms with Crippen LogP contribution >= 0.6 is 0 Å². The first-order chi connectivity index (χ1) is 17.5. The summed E-state index contributed by atoms with van der Waals surface area (Å²) in [5, 5.41) is 4.42. The molecule has 2 N–H and O–H groups in total. The number of methoxy groups -OCH3 is 1. The number of fused-ring (bicyclic) bond motifs is 3. The highest BCUT2D eigenvalue weighted by Crippen LogP contribution is 2.25. The number of imidazole rings is 1. The van der Waals surface area contributed by atoms with Crippen LogP contribution in [0.25, 0.3) is 34.0 Å². The molecule has 4 aromatic heterocycles. The Labute approximate surface area is 206 Å². The van der Waals surface area contributed by atoms with Gasteiger partial charge in [0.15, 0.2) is 17.1 Å². The second-order valence-corrected chi connectivity index (χ2v) is 8.79. The number of aryl methyl sites for hydroxylation is 1. The molecule has 5 heterocycles. The lowest BCUT2D eigenvalue weighted by Gasteiger charge is -2.26. The number of hydrogen-bond donors (Lipinski definition) is 1. The van der Waals surface area contributed by atoms with Gasteiger partial charge in [-0.15, -0.1) is 5.10 Å². The standard InChI is InChI=1S/C25H26N8O3/c1-30-20-22(28-24(26)33-23(20)27-21(29-33)19-4-3-15-36-19)32(25(30)34)14-13-31-11-9-17(10-12-31)16-5-7-18(35-2)8-6-16/h3-9,15H,10-14H2,1-2H3,(H2,26,28). The summed E-state index contributed by atoms with van der Waals surface area (Å²) < 4.78 is 15.3. The van der Waals surface area contributed by atoms with Gasteiger partial charge < -0.3 is 14.9 Å². The van der Waals surface area contributed by atoms with Gasteiger partial charge in [0.05, 0.1) is 13.4 Å². The van der Waals surface area contributed by atoms with E-state index in [0.717, 1.165) is 25.3 Å². The minimum atomic E-state index is -0.168. The Morgan fingerprint density at radius 2 is 1.94 bits per heavy atom. The smallest absolute Gasteiger partial charge is 0.330 e. The molecule has 0 amide bonds. The third-order valence-corrected chi connectivity index (χ3v) is 6.71. The van der Waals surface area contributed by atoms with Gasteiger partial charge in [0.25, 0.3) is 0 Å². The highest BCUT2D eigenvalue weighted by Gasteiger charge is 2.22. The van der Waals surface area contributed by atoms with Gasteiger partial charge in [-0.05, 0) is 41.8 Å². The molecule has 5 aromatic rings. The first kappa shape index (κ1) is 22.1. The zero-order valence-electron chi connectivity index (χ0n) is 20.1. The van der Waals surface area contributed by atoms with E-state index in [1.54, 1.807) is 41.7 Å². The van der Waals surface area contributed by atoms with Crippen LogP contribution in [0.1, 0.15) is 12.0 Å². The van der Waals surface area contributed by atoms with Gasteiger partial charge in [-0.2, -0.15) is 9.50 Å². The van der Waals surface area contributed by atoms with Crippen molar-refractivity contribution in [3.05, 3.63) is 64.8 Å². The molecule has 0 fully saturated rings. The fourth-order valence-corrected chi connectivity index (χ4v) is 4.72. The molecule has 1 aliphatic heterocycles. The fraction of sp³-hybridized carbons (Fsp3) is 0.280. The minimum absolute atomic E-state index is 0.159. The van der Waals surface area contributed by atoms with Gasteiger partial charge in [0, 0.05) is 33.2 Å². The normalized spacial score (nSPS) is 14.6. The zero-order valence-corrected chi connectivity index (χ0v) is 20.1. The van der Waals surface area contributed by atoms with E-state index >= 15 is 0 Å². The van der Waals surface area contributed by atoms with Crippen LogP contribution in [0.4, 0.5) is 5.95 Å². The van der Waals surface area contributed by atoms with Crippen molar-refractivity contribution in [3.8, 4) is 17.3 Å². The Kier molecular flexibility index (Phi) is 5.33. The Bertz CT molecular complexity index is 1640. The van der Waals surface area contributed by atoms with E-state index in [-0.39, 0.29) is 11.6 Å². The highest BCUT2D eigenvalue weighted by atomic mass is 16.5. The Morgan fingerprint density at radius 1 is 1.11 bits per heavy atom. The Hall–Kier alpha value is -4.38. The highest BCUT2D eigenvalue weighted by molar-refractivity contribution is 5.88. The number of nitrogens with zero attached hydrogens (tertiary/aromatic N) is 7. The van der Waals surface area contributed by atoms with E-state index in [2.05, 4.69) is 38.2 Å². The van der Waals surface area contributed by atoms with E-state index < -0.39 is 0 Å². The summed E-state index contributed by atoms with van der Waals surface area (Å²) in [6, 6.07) is 11.7. The van der Waals surface area contributed by atoms with Crippen molar-refractivity contribution in [2.75, 3.05) is 32.5 Å². The number of furan rings is 1. The predicted octanol–water partition coefficient (Wildman–Crippen LogP) is 2.42. The van der Waals surface area contributed by atoms with E-state index in [0.29, 0.717) is 41.5 Å². The molecule has 0 saturated heterocycles. The molecular weight excluding hydrogens is 460 g/mol. The van der Waals surface area contributed by atoms with Crippen LogP contribution in [-0.2, 0) is 13.6 Å². The predicted molar refractivity (Wildman–Crippen MR) is 136 cm³/mol. The van der Waals surface area contributed by atoms with Crippen molar-refractivity contribution in [2.45, 2.75) is 13.0 Å². The topological polar surface area (TPSA) is 122 Å². The maximum Gasteiger partial charge on any atom is 0.330 e. The first-order valence-corrected chi connectivity index (χ1v) is 11.7. The van der Waals surface area contributed by atoms with Crippen LogP contribution in [0.15, 0.2) is 57.9 Å². The van der Waals surface area contributed by atoms with Crippen LogP contribution in [0.2, 0.25) is 0 Å². The zero-order chi connectivity index (χ0) is 24.8. The third-order valence-electron chi connectivity index (χ3n) is 6.71. The summed E-state index contributed by atoms with van der Waals surface area (Å²) in [6.07, 6.45) is 4.75. The minimum Gasteiger partial charge on any atom is -0.497 e. The van der Waals surface area contributed by atoms with Crippen molar-refractivity contribution in [1.29, 1.82) is 0 Å². The number of anilines is 1. The molecule has 11 heteroatoms. The van der Waals surface area contributed by atoms with Crippen LogP contribution in [0, 0.1) is 0 Å². The first-order valence-electron chi connectivity index (χ1n) is 11.7. The van der Waals surface area contributed by atoms with Crippen LogP contribution in [0.3, 0.4) is 0 Å². The molecule has 0 unspecified atom stereocenters. The van der Waals surface area contributed by atoms with Crippen molar-refractivity contribution >= 4 is 28.3 Å². The number of hydrogen-bond acceptors (Lipinski definition) is 8. The molecule has 0 spiro atoms. The summed E-state index contributed by atoms with van der Waals surface area (Å²) in [4.78, 5) is 24.6. The van der Waals surface area contributed by atoms with Crippen molar-refractivity contribution in [1.82, 2.24) is 33.6 Å². The lowest BCUT2D eigenvalue weighted by molar-refractivity contribution is 0.288. The van der Waals surface area contributed by atoms with Gasteiger partial charge >= 0.3 is 5.69 Å². The number of nitrogens with two attached hydrogens (primary N) is 1. The molecule has 0 atom stereocenters. The van der Waals surface area contributed by atoms with Gasteiger partial charge in [-0.1, -0.05) is 18.2 Å². The second kappa shape index (κ2) is 8.68. The quantitative estimate of drug-likeness (QED) is 0.388. The summed E-state index contributed by atoms with van der Waals surface area (Å²) in [6.45, 7) is 2.93. The van der Waals surface area contributed by atoms with Crippen LogP contribution < -0.4 is 16.2 Å². The van der Waals surface area contributed by atoms with E-state index in [4.69, 9.17) is 14.9 Å². The summed E-state index contributed by atoms with van der Waals surface area (Å²) in [5.41, 5.74) is 10.1. The van der Waals surface area contributed by atoms with E-state index in [9.17, 15) is 4.79 Å². The summed E-state index contributed by atoms with van der Waals surface area (Å²) >= 11 is 0. The van der Waals surface area contributed by atoms with Crippen LogP contribution in [0.5, 0.6) is 5.75 Å². The lowest BCUT2D eigenvalue weighted by atomic mass is 9.99. The van der Waals surface area contributed by atoms with Crippen molar-refractivity contribution < 1.29 is 9.15 Å². The average Bonchev–Trinajstić information content (AvgIpc) is 3.64. The number of aromatic nitrogens is 6. The van der Waals surface area contributed by atoms with Crippen molar-refractivity contribution in [3.63, 3.8) is 0 Å². The lowest BCUT2D eigenvalue weighted by Crippen LogP contribution is -2.34. The molecule has 0 saturated carbocycles. The maximum absolute atomic E-state index is 13.2. The molecule has 36 heavy (non-hydrogen) atoms. The van der Waals surface area contributed by atoms with E-state index in [1.165, 1.54) is 15.7 Å². The number of ether oxygens (including phenoxy) is 1. The molecule has 11 nitrogen and oxygen atoms in total. The monoisotopic (exact) mass is 486 g/mol. The largest absolute Gasteiger partial charge is 0.497 e. The van der Waals surface area contributed by atoms with Gasteiger partial charge in [-0.3, -0.25) is 14.0 Å². The molecule has 1 aliphatic rings. The van der Waals surface area contributed by atoms with E-state index in [1.807, 2.05) is 12.1 Å².